The maximum absolute atomic E-state index is 16.1. The van der Waals surface area contributed by atoms with Gasteiger partial charge in [0.1, 0.15) is 17.2 Å². The van der Waals surface area contributed by atoms with Crippen molar-refractivity contribution in [3.05, 3.63) is 34.9 Å². The zero-order valence-corrected chi connectivity index (χ0v) is 19.3. The van der Waals surface area contributed by atoms with E-state index in [1.165, 1.54) is 19.2 Å². The van der Waals surface area contributed by atoms with Crippen LogP contribution in [0.15, 0.2) is 18.2 Å². The van der Waals surface area contributed by atoms with Gasteiger partial charge in [-0.3, -0.25) is 0 Å². The first-order valence-corrected chi connectivity index (χ1v) is 11.6. The number of nitrogen functional groups attached to an aromatic ring is 1. The first-order chi connectivity index (χ1) is 15.9. The van der Waals surface area contributed by atoms with Crippen LogP contribution >= 0.6 is 22.9 Å². The molecule has 2 aromatic heterocycles. The average molecular weight is 489 g/mol. The molecule has 3 aliphatic rings. The monoisotopic (exact) mass is 488 g/mol. The predicted octanol–water partition coefficient (Wildman–Crippen LogP) is 4.37. The molecule has 170 valence electrons. The summed E-state index contributed by atoms with van der Waals surface area (Å²) in [7, 11) is 3.39. The van der Waals surface area contributed by atoms with Crippen molar-refractivity contribution in [2.45, 2.75) is 31.0 Å². The summed E-state index contributed by atoms with van der Waals surface area (Å²) in [6.45, 7) is 0. The molecule has 2 saturated heterocycles. The molecule has 33 heavy (non-hydrogen) atoms. The number of methoxy groups -OCH3 is 1. The summed E-state index contributed by atoms with van der Waals surface area (Å²) in [4.78, 5) is 15.3. The molecule has 3 fully saturated rings. The molecule has 7 rings (SSSR count). The maximum Gasteiger partial charge on any atom is 0.318 e. The van der Waals surface area contributed by atoms with Crippen LogP contribution in [0.5, 0.6) is 6.01 Å². The Hall–Kier alpha value is -2.82. The molecule has 1 aliphatic carbocycles. The number of nitrogens with zero attached hydrogens (tertiary/aromatic N) is 4. The third-order valence-corrected chi connectivity index (χ3v) is 7.87. The van der Waals surface area contributed by atoms with Crippen LogP contribution in [0, 0.1) is 11.6 Å². The number of halogens is 3. The lowest BCUT2D eigenvalue weighted by Crippen LogP contribution is -2.53. The van der Waals surface area contributed by atoms with E-state index in [0.29, 0.717) is 28.9 Å². The van der Waals surface area contributed by atoms with Crippen molar-refractivity contribution >= 4 is 55.0 Å². The number of nitrogens with two attached hydrogens (primary N) is 1. The summed E-state index contributed by atoms with van der Waals surface area (Å²) < 4.78 is 35.9. The van der Waals surface area contributed by atoms with Crippen molar-refractivity contribution in [3.8, 4) is 17.1 Å². The van der Waals surface area contributed by atoms with E-state index in [0.717, 1.165) is 24.2 Å². The predicted molar refractivity (Wildman–Crippen MR) is 126 cm³/mol. The number of thiazole rings is 1. The number of aromatic nitrogens is 3. The third-order valence-electron chi connectivity index (χ3n) is 6.68. The minimum absolute atomic E-state index is 0.0686. The number of hydrogen-bond donors (Lipinski definition) is 2. The van der Waals surface area contributed by atoms with E-state index in [4.69, 9.17) is 22.1 Å². The van der Waals surface area contributed by atoms with E-state index in [-0.39, 0.29) is 43.5 Å². The molecule has 3 atom stereocenters. The van der Waals surface area contributed by atoms with E-state index in [9.17, 15) is 4.39 Å². The molecule has 11 heteroatoms. The quantitative estimate of drug-likeness (QED) is 0.441. The van der Waals surface area contributed by atoms with Gasteiger partial charge in [-0.2, -0.15) is 9.97 Å². The smallest absolute Gasteiger partial charge is 0.318 e. The van der Waals surface area contributed by atoms with Gasteiger partial charge in [-0.1, -0.05) is 22.9 Å². The Morgan fingerprint density at radius 1 is 1.21 bits per heavy atom. The second kappa shape index (κ2) is 7.34. The van der Waals surface area contributed by atoms with Gasteiger partial charge in [0.25, 0.3) is 0 Å². The molecule has 4 aromatic rings. The summed E-state index contributed by atoms with van der Waals surface area (Å²) in [6, 6.07) is 5.37. The van der Waals surface area contributed by atoms with Crippen LogP contribution in [0.1, 0.15) is 12.8 Å². The summed E-state index contributed by atoms with van der Waals surface area (Å²) in [5.74, 6) is -0.513. The number of nitrogens with one attached hydrogen (secondary N) is 1. The van der Waals surface area contributed by atoms with Gasteiger partial charge in [-0.25, -0.2) is 13.8 Å². The van der Waals surface area contributed by atoms with E-state index < -0.39 is 11.6 Å². The van der Waals surface area contributed by atoms with Gasteiger partial charge in [-0.05, 0) is 38.1 Å². The van der Waals surface area contributed by atoms with Gasteiger partial charge in [0.15, 0.2) is 10.9 Å². The second-order valence-electron chi connectivity index (χ2n) is 8.30. The van der Waals surface area contributed by atoms with Crippen molar-refractivity contribution in [1.29, 1.82) is 0 Å². The second-order valence-corrected chi connectivity index (χ2v) is 9.74. The lowest BCUT2D eigenvalue weighted by molar-refractivity contribution is 0.376. The lowest BCUT2D eigenvalue weighted by atomic mass is 9.99. The van der Waals surface area contributed by atoms with E-state index in [1.807, 2.05) is 7.05 Å². The Bertz CT molecular complexity index is 1450. The fraction of sp³-hybridized carbons (Fsp3) is 0.318. The lowest BCUT2D eigenvalue weighted by Gasteiger charge is -2.43. The molecular weight excluding hydrogens is 470 g/mol. The van der Waals surface area contributed by atoms with Crippen molar-refractivity contribution in [1.82, 2.24) is 20.3 Å². The number of benzene rings is 2. The van der Waals surface area contributed by atoms with E-state index in [2.05, 4.69) is 25.2 Å². The molecule has 7 nitrogen and oxygen atoms in total. The molecule has 2 aromatic carbocycles. The molecule has 3 N–H and O–H groups in total. The van der Waals surface area contributed by atoms with Crippen LogP contribution in [0.3, 0.4) is 0 Å². The highest BCUT2D eigenvalue weighted by molar-refractivity contribution is 7.22. The van der Waals surface area contributed by atoms with Gasteiger partial charge in [0.05, 0.1) is 22.3 Å². The van der Waals surface area contributed by atoms with Crippen LogP contribution in [0.25, 0.3) is 32.2 Å². The molecule has 0 amide bonds. The first kappa shape index (κ1) is 20.8. The molecule has 2 aliphatic heterocycles. The number of rotatable bonds is 4. The van der Waals surface area contributed by atoms with E-state index in [1.54, 1.807) is 6.07 Å². The highest BCUT2D eigenvalue weighted by Gasteiger charge is 2.52. The highest BCUT2D eigenvalue weighted by atomic mass is 35.5. The Kier molecular flexibility index (Phi) is 4.62. The molecule has 1 saturated carbocycles. The van der Waals surface area contributed by atoms with Crippen LogP contribution in [0.4, 0.5) is 19.7 Å². The Labute approximate surface area is 196 Å². The minimum atomic E-state index is -0.642. The molecular formula is C22H19ClF2N6OS. The number of ether oxygens (including phenoxy) is 1. The van der Waals surface area contributed by atoms with Crippen molar-refractivity contribution in [2.75, 3.05) is 24.8 Å². The number of fused-ring (bicyclic) bond motifs is 3. The van der Waals surface area contributed by atoms with Gasteiger partial charge in [0, 0.05) is 34.6 Å². The van der Waals surface area contributed by atoms with Gasteiger partial charge < -0.3 is 20.7 Å². The molecule has 0 radical (unpaired) electrons. The number of anilines is 2. The number of hydrogen-bond acceptors (Lipinski definition) is 8. The molecule has 0 spiro atoms. The van der Waals surface area contributed by atoms with Crippen LogP contribution < -0.4 is 20.7 Å². The Balaban J connectivity index is 1.60. The van der Waals surface area contributed by atoms with E-state index >= 15 is 4.39 Å². The van der Waals surface area contributed by atoms with Gasteiger partial charge in [0.2, 0.25) is 0 Å². The van der Waals surface area contributed by atoms with Gasteiger partial charge >= 0.3 is 6.01 Å². The van der Waals surface area contributed by atoms with Crippen molar-refractivity contribution < 1.29 is 13.5 Å². The van der Waals surface area contributed by atoms with Crippen molar-refractivity contribution in [3.63, 3.8) is 0 Å². The zero-order chi connectivity index (χ0) is 23.0. The summed E-state index contributed by atoms with van der Waals surface area (Å²) in [5.41, 5.74) is 6.59. The third kappa shape index (κ3) is 2.90. The van der Waals surface area contributed by atoms with Crippen LogP contribution in [0.2, 0.25) is 5.02 Å². The fourth-order valence-electron chi connectivity index (χ4n) is 5.19. The van der Waals surface area contributed by atoms with Crippen molar-refractivity contribution in [2.24, 2.45) is 0 Å². The molecule has 4 heterocycles. The SMILES string of the molecule is CNC1CC2CC1N2c1nc(OC)nc2c(F)c(-c3ccc(F)c4sc(N)nc34)c(Cl)cc12. The van der Waals surface area contributed by atoms with Crippen LogP contribution in [-0.2, 0) is 0 Å². The fourth-order valence-corrected chi connectivity index (χ4v) is 6.24. The topological polar surface area (TPSA) is 89.2 Å². The maximum atomic E-state index is 16.1. The molecule has 2 bridgehead atoms. The average Bonchev–Trinajstić information content (AvgIpc) is 3.48. The normalized spacial score (nSPS) is 21.7. The summed E-state index contributed by atoms with van der Waals surface area (Å²) in [6.07, 6.45) is 2.04. The minimum Gasteiger partial charge on any atom is -0.467 e. The molecule has 3 unspecified atom stereocenters. The Morgan fingerprint density at radius 3 is 2.76 bits per heavy atom. The van der Waals surface area contributed by atoms with Crippen LogP contribution in [-0.4, -0.2) is 47.2 Å². The zero-order valence-electron chi connectivity index (χ0n) is 17.7. The number of likely N-dealkylation sites (N-methyl/N-ethyl adjacent to an activating group) is 1. The largest absolute Gasteiger partial charge is 0.467 e. The summed E-state index contributed by atoms with van der Waals surface area (Å²) >= 11 is 7.64. The van der Waals surface area contributed by atoms with Gasteiger partial charge in [-0.15, -0.1) is 0 Å². The Morgan fingerprint density at radius 2 is 2.03 bits per heavy atom. The summed E-state index contributed by atoms with van der Waals surface area (Å²) in [5, 5.41) is 4.20. The highest BCUT2D eigenvalue weighted by Crippen LogP contribution is 2.48. The first-order valence-electron chi connectivity index (χ1n) is 10.5. The standard InChI is InChI=1S/C22H19ClF2N6OS/c1-27-13-5-8-6-14(13)31(8)20-10-7-11(23)15(16(25)17(10)29-22(30-20)32-2)9-3-4-12(24)19-18(9)28-21(26)33-19/h3-4,7-8,13-14,27H,5-6H2,1-2H3,(H2,26,28).